The van der Waals surface area contributed by atoms with E-state index in [0.29, 0.717) is 0 Å². The van der Waals surface area contributed by atoms with Gasteiger partial charge in [-0.3, -0.25) is 0 Å². The van der Waals surface area contributed by atoms with Gasteiger partial charge in [0.1, 0.15) is 0 Å². The molecule has 0 nitrogen and oxygen atoms in total. The maximum Gasteiger partial charge on any atom is 0.0156 e. The molecule has 0 N–H and O–H groups in total. The van der Waals surface area contributed by atoms with Crippen molar-refractivity contribution in [2.45, 2.75) is 7.43 Å². The minimum atomic E-state index is 0. The Balaban J connectivity index is 0. The van der Waals surface area contributed by atoms with Gasteiger partial charge in [-0.05, 0) is 0 Å². The third kappa shape index (κ3) is 13.3. The van der Waals surface area contributed by atoms with Crippen LogP contribution in [0.5, 0.6) is 0 Å². The molecule has 0 aliphatic rings. The highest BCUT2D eigenvalue weighted by Crippen LogP contribution is 1.78. The molecule has 5 heavy (non-hydrogen) atoms. The summed E-state index contributed by atoms with van der Waals surface area (Å²) < 4.78 is 0. The van der Waals surface area contributed by atoms with E-state index in [1.165, 1.54) is 11.1 Å². The molecule has 0 amide bonds. The van der Waals surface area contributed by atoms with E-state index >= 15 is 0 Å². The molecule has 0 bridgehead atoms. The van der Waals surface area contributed by atoms with Gasteiger partial charge in [-0.25, -0.2) is 0 Å². The normalized spacial score (nSPS) is 7.60. The Bertz CT molecular complexity index is 20.1. The van der Waals surface area contributed by atoms with Crippen molar-refractivity contribution in [3.63, 3.8) is 0 Å². The third-order valence-corrected chi connectivity index (χ3v) is 0.429. The van der Waals surface area contributed by atoms with E-state index in [1.54, 1.807) is 0 Å². The van der Waals surface area contributed by atoms with Crippen molar-refractivity contribution >= 4 is 23.2 Å². The first kappa shape index (κ1) is 9.01. The van der Waals surface area contributed by atoms with Crippen LogP contribution in [0.4, 0.5) is 0 Å². The predicted octanol–water partition coefficient (Wildman–Crippen LogP) is 2.57. The van der Waals surface area contributed by atoms with Crippen LogP contribution in [0.2, 0.25) is 0 Å². The van der Waals surface area contributed by atoms with Gasteiger partial charge >= 0.3 is 0 Å². The zero-order valence-electron chi connectivity index (χ0n) is 1.91. The lowest BCUT2D eigenvalue weighted by Gasteiger charge is -1.44. The topological polar surface area (TPSA) is 0 Å². The minimum Gasteiger partial charge on any atom is -0.0920 e. The Morgan fingerprint density at radius 2 is 1.20 bits per heavy atom. The summed E-state index contributed by atoms with van der Waals surface area (Å²) in [5.41, 5.74) is 2.48. The summed E-state index contributed by atoms with van der Waals surface area (Å²) in [5.74, 6) is 0. The van der Waals surface area contributed by atoms with E-state index in [1.807, 2.05) is 0 Å². The van der Waals surface area contributed by atoms with Crippen molar-refractivity contribution in [3.05, 3.63) is 11.1 Å². The highest BCUT2D eigenvalue weighted by atomic mass is 35.5. The molecule has 0 spiro atoms. The Morgan fingerprint density at radius 3 is 1.20 bits per heavy atom. The van der Waals surface area contributed by atoms with E-state index in [2.05, 4.69) is 0 Å². The average molecular weight is 113 g/mol. The standard InChI is InChI=1S/C2H2Cl2.CH4/c3-1-2-4;/h1-2H;1H4. The minimum absolute atomic E-state index is 0. The first-order valence-corrected chi connectivity index (χ1v) is 1.64. The van der Waals surface area contributed by atoms with Gasteiger partial charge < -0.3 is 0 Å². The van der Waals surface area contributed by atoms with Crippen molar-refractivity contribution < 1.29 is 0 Å². The average Bonchev–Trinajstić information content (AvgIpc) is 1.37. The molecule has 2 heteroatoms. The molecular formula is C3H6Cl2. The molecule has 0 rings (SSSR count). The van der Waals surface area contributed by atoms with Crippen LogP contribution in [0.25, 0.3) is 0 Å². The highest BCUT2D eigenvalue weighted by molar-refractivity contribution is 6.33. The lowest BCUT2D eigenvalue weighted by atomic mass is 11.3. The maximum atomic E-state index is 4.87. The van der Waals surface area contributed by atoms with E-state index in [9.17, 15) is 0 Å². The molecule has 0 heterocycles. The quantitative estimate of drug-likeness (QED) is 0.452. The van der Waals surface area contributed by atoms with E-state index in [-0.39, 0.29) is 7.43 Å². The Morgan fingerprint density at radius 1 is 1.00 bits per heavy atom. The van der Waals surface area contributed by atoms with Gasteiger partial charge in [-0.15, -0.1) is 0 Å². The number of hydrogen-bond donors (Lipinski definition) is 0. The molecule has 0 aliphatic carbocycles. The molecular weight excluding hydrogens is 107 g/mol. The summed E-state index contributed by atoms with van der Waals surface area (Å²) in [7, 11) is 0. The Kier molecular flexibility index (Phi) is 15.9. The second kappa shape index (κ2) is 8.85. The van der Waals surface area contributed by atoms with E-state index in [4.69, 9.17) is 23.2 Å². The second-order valence-electron chi connectivity index (χ2n) is 0.252. The number of halogens is 2. The van der Waals surface area contributed by atoms with Crippen molar-refractivity contribution in [2.24, 2.45) is 0 Å². The van der Waals surface area contributed by atoms with Crippen molar-refractivity contribution in [1.82, 2.24) is 0 Å². The van der Waals surface area contributed by atoms with Crippen LogP contribution in [0, 0.1) is 0 Å². The first-order valence-electron chi connectivity index (χ1n) is 0.770. The highest BCUT2D eigenvalue weighted by Gasteiger charge is 1.40. The molecule has 0 radical (unpaired) electrons. The largest absolute Gasteiger partial charge is 0.0920 e. The molecule has 0 aromatic rings. The lowest BCUT2D eigenvalue weighted by molar-refractivity contribution is 2.50. The van der Waals surface area contributed by atoms with Crippen molar-refractivity contribution in [2.75, 3.05) is 0 Å². The summed E-state index contributed by atoms with van der Waals surface area (Å²) in [6.45, 7) is 0. The molecule has 0 unspecified atom stereocenters. The van der Waals surface area contributed by atoms with E-state index < -0.39 is 0 Å². The van der Waals surface area contributed by atoms with Gasteiger partial charge in [0.2, 0.25) is 0 Å². The SMILES string of the molecule is C.ClC=CCl. The zero-order chi connectivity index (χ0) is 3.41. The van der Waals surface area contributed by atoms with Gasteiger partial charge in [0.05, 0.1) is 0 Å². The maximum absolute atomic E-state index is 4.87. The van der Waals surface area contributed by atoms with Gasteiger partial charge in [0.25, 0.3) is 0 Å². The predicted molar refractivity (Wildman–Crippen MR) is 27.6 cm³/mol. The fraction of sp³-hybridized carbons (Fsp3) is 0.333. The van der Waals surface area contributed by atoms with Gasteiger partial charge in [0, 0.05) is 11.1 Å². The zero-order valence-corrected chi connectivity index (χ0v) is 3.42. The van der Waals surface area contributed by atoms with Gasteiger partial charge in [0.15, 0.2) is 0 Å². The van der Waals surface area contributed by atoms with E-state index in [0.717, 1.165) is 0 Å². The summed E-state index contributed by atoms with van der Waals surface area (Å²) in [5, 5.41) is 0. The molecule has 0 fully saturated rings. The van der Waals surface area contributed by atoms with Crippen molar-refractivity contribution in [3.8, 4) is 0 Å². The lowest BCUT2D eigenvalue weighted by Crippen LogP contribution is -1.11. The number of hydrogen-bond acceptors (Lipinski definition) is 0. The second-order valence-corrected chi connectivity index (χ2v) is 0.756. The Hall–Kier alpha value is 0.320. The molecule has 0 saturated carbocycles. The van der Waals surface area contributed by atoms with Crippen LogP contribution < -0.4 is 0 Å². The molecule has 0 saturated heterocycles. The monoisotopic (exact) mass is 112 g/mol. The van der Waals surface area contributed by atoms with Crippen LogP contribution in [0.15, 0.2) is 11.1 Å². The third-order valence-electron chi connectivity index (χ3n) is 0.0476. The van der Waals surface area contributed by atoms with Crippen LogP contribution >= 0.6 is 23.2 Å². The fourth-order valence-corrected chi connectivity index (χ4v) is 0. The number of rotatable bonds is 0. The van der Waals surface area contributed by atoms with Gasteiger partial charge in [-0.2, -0.15) is 0 Å². The molecule has 0 aromatic heterocycles. The van der Waals surface area contributed by atoms with Crippen LogP contribution in [-0.4, -0.2) is 0 Å². The van der Waals surface area contributed by atoms with Crippen molar-refractivity contribution in [1.29, 1.82) is 0 Å². The molecule has 0 aliphatic heterocycles. The summed E-state index contributed by atoms with van der Waals surface area (Å²) >= 11 is 9.75. The summed E-state index contributed by atoms with van der Waals surface area (Å²) in [6, 6.07) is 0. The smallest absolute Gasteiger partial charge is 0.0156 e. The first-order chi connectivity index (χ1) is 1.91. The van der Waals surface area contributed by atoms with Crippen LogP contribution in [0.3, 0.4) is 0 Å². The van der Waals surface area contributed by atoms with Crippen LogP contribution in [0.1, 0.15) is 7.43 Å². The summed E-state index contributed by atoms with van der Waals surface area (Å²) in [4.78, 5) is 0. The molecule has 0 atom stereocenters. The Labute approximate surface area is 42.4 Å². The summed E-state index contributed by atoms with van der Waals surface area (Å²) in [6.07, 6.45) is 0. The molecule has 32 valence electrons. The van der Waals surface area contributed by atoms with Crippen LogP contribution in [-0.2, 0) is 0 Å². The molecule has 0 aromatic carbocycles. The van der Waals surface area contributed by atoms with Gasteiger partial charge in [-0.1, -0.05) is 30.6 Å². The fourth-order valence-electron chi connectivity index (χ4n) is 0.